The molecule has 0 fully saturated rings. The first kappa shape index (κ1) is 13.4. The van der Waals surface area contributed by atoms with Gasteiger partial charge in [0.2, 0.25) is 0 Å². The molecule has 21 heavy (non-hydrogen) atoms. The van der Waals surface area contributed by atoms with E-state index in [0.717, 1.165) is 27.7 Å². The number of carbonyl (C=O) groups excluding carboxylic acids is 1. The van der Waals surface area contributed by atoms with Crippen LogP contribution in [0.25, 0.3) is 10.9 Å². The van der Waals surface area contributed by atoms with Gasteiger partial charge >= 0.3 is 0 Å². The van der Waals surface area contributed by atoms with Crippen molar-refractivity contribution >= 4 is 22.5 Å². The van der Waals surface area contributed by atoms with E-state index in [1.54, 1.807) is 6.20 Å². The van der Waals surface area contributed by atoms with E-state index in [0.29, 0.717) is 5.56 Å². The summed E-state index contributed by atoms with van der Waals surface area (Å²) in [6.45, 7) is 6.10. The molecule has 0 aliphatic carbocycles. The summed E-state index contributed by atoms with van der Waals surface area (Å²) in [7, 11) is 0. The summed E-state index contributed by atoms with van der Waals surface area (Å²) in [5.74, 6) is -0.0810. The first-order valence-electron chi connectivity index (χ1n) is 7.01. The van der Waals surface area contributed by atoms with Crippen LogP contribution in [0.5, 0.6) is 0 Å². The SMILES string of the molecule is Cc1cc(C)c(NC(=O)c2c[nH]c3ccccc23)c(C)c1. The summed E-state index contributed by atoms with van der Waals surface area (Å²) in [5.41, 5.74) is 5.91. The van der Waals surface area contributed by atoms with Crippen LogP contribution in [0.4, 0.5) is 5.69 Å². The van der Waals surface area contributed by atoms with Crippen molar-refractivity contribution in [2.24, 2.45) is 0 Å². The van der Waals surface area contributed by atoms with Gasteiger partial charge in [-0.15, -0.1) is 0 Å². The molecule has 0 aliphatic heterocycles. The molecule has 3 rings (SSSR count). The summed E-state index contributed by atoms with van der Waals surface area (Å²) >= 11 is 0. The third-order valence-electron chi connectivity index (χ3n) is 3.75. The molecule has 2 aromatic carbocycles. The molecule has 1 amide bonds. The number of hydrogen-bond acceptors (Lipinski definition) is 1. The number of anilines is 1. The van der Waals surface area contributed by atoms with Crippen LogP contribution >= 0.6 is 0 Å². The van der Waals surface area contributed by atoms with E-state index in [1.165, 1.54) is 5.56 Å². The van der Waals surface area contributed by atoms with E-state index < -0.39 is 0 Å². The lowest BCUT2D eigenvalue weighted by atomic mass is 10.0. The number of H-pyrrole nitrogens is 1. The van der Waals surface area contributed by atoms with Gasteiger partial charge in [-0.05, 0) is 38.0 Å². The van der Waals surface area contributed by atoms with Crippen molar-refractivity contribution in [2.45, 2.75) is 20.8 Å². The van der Waals surface area contributed by atoms with Crippen molar-refractivity contribution < 1.29 is 4.79 Å². The highest BCUT2D eigenvalue weighted by molar-refractivity contribution is 6.13. The number of nitrogens with one attached hydrogen (secondary N) is 2. The van der Waals surface area contributed by atoms with Gasteiger partial charge in [0.05, 0.1) is 5.56 Å². The molecular formula is C18H18N2O. The molecule has 0 atom stereocenters. The number of aromatic nitrogens is 1. The molecule has 0 bridgehead atoms. The normalized spacial score (nSPS) is 10.8. The highest BCUT2D eigenvalue weighted by Gasteiger charge is 2.14. The minimum atomic E-state index is -0.0810. The molecule has 106 valence electrons. The van der Waals surface area contributed by atoms with Gasteiger partial charge in [-0.2, -0.15) is 0 Å². The number of rotatable bonds is 2. The molecule has 1 heterocycles. The second-order valence-electron chi connectivity index (χ2n) is 5.48. The quantitative estimate of drug-likeness (QED) is 0.719. The van der Waals surface area contributed by atoms with Crippen LogP contribution in [-0.2, 0) is 0 Å². The maximum atomic E-state index is 12.5. The van der Waals surface area contributed by atoms with Crippen LogP contribution in [0, 0.1) is 20.8 Å². The third-order valence-corrected chi connectivity index (χ3v) is 3.75. The molecule has 0 unspecified atom stereocenters. The van der Waals surface area contributed by atoms with Crippen LogP contribution in [-0.4, -0.2) is 10.9 Å². The van der Waals surface area contributed by atoms with Crippen molar-refractivity contribution in [3.05, 3.63) is 64.8 Å². The zero-order valence-corrected chi connectivity index (χ0v) is 12.4. The summed E-state index contributed by atoms with van der Waals surface area (Å²) in [4.78, 5) is 15.7. The number of fused-ring (bicyclic) bond motifs is 1. The first-order chi connectivity index (χ1) is 10.1. The standard InChI is InChI=1S/C18H18N2O/c1-11-8-12(2)17(13(3)9-11)20-18(21)15-10-19-16-7-5-4-6-14(15)16/h4-10,19H,1-3H3,(H,20,21). The van der Waals surface area contributed by atoms with Gasteiger partial charge in [0.15, 0.2) is 0 Å². The predicted molar refractivity (Wildman–Crippen MR) is 86.9 cm³/mol. The molecule has 0 radical (unpaired) electrons. The Hall–Kier alpha value is -2.55. The summed E-state index contributed by atoms with van der Waals surface area (Å²) in [5, 5.41) is 3.98. The number of amides is 1. The highest BCUT2D eigenvalue weighted by Crippen LogP contribution is 2.24. The van der Waals surface area contributed by atoms with Crippen LogP contribution < -0.4 is 5.32 Å². The number of aromatic amines is 1. The lowest BCUT2D eigenvalue weighted by molar-refractivity contribution is 0.102. The molecule has 3 nitrogen and oxygen atoms in total. The Bertz CT molecular complexity index is 807. The first-order valence-corrected chi connectivity index (χ1v) is 7.01. The molecule has 0 saturated carbocycles. The van der Waals surface area contributed by atoms with Crippen molar-refractivity contribution in [3.63, 3.8) is 0 Å². The molecule has 2 N–H and O–H groups in total. The average Bonchev–Trinajstić information content (AvgIpc) is 2.86. The number of carbonyl (C=O) groups is 1. The monoisotopic (exact) mass is 278 g/mol. The van der Waals surface area contributed by atoms with E-state index >= 15 is 0 Å². The lowest BCUT2D eigenvalue weighted by Crippen LogP contribution is -2.13. The molecule has 1 aromatic heterocycles. The molecule has 3 aromatic rings. The van der Waals surface area contributed by atoms with Crippen molar-refractivity contribution in [3.8, 4) is 0 Å². The summed E-state index contributed by atoms with van der Waals surface area (Å²) in [6.07, 6.45) is 1.76. The summed E-state index contributed by atoms with van der Waals surface area (Å²) in [6, 6.07) is 12.0. The van der Waals surface area contributed by atoms with Gasteiger partial charge in [-0.3, -0.25) is 4.79 Å². The Balaban J connectivity index is 1.97. The zero-order valence-electron chi connectivity index (χ0n) is 12.4. The molecule has 0 aliphatic rings. The Kier molecular flexibility index (Phi) is 3.26. The van der Waals surface area contributed by atoms with E-state index in [2.05, 4.69) is 29.4 Å². The maximum Gasteiger partial charge on any atom is 0.257 e. The molecule has 0 spiro atoms. The fraction of sp³-hybridized carbons (Fsp3) is 0.167. The Morgan fingerprint density at radius 3 is 2.43 bits per heavy atom. The number of aryl methyl sites for hydroxylation is 3. The molecule has 0 saturated heterocycles. The second-order valence-corrected chi connectivity index (χ2v) is 5.48. The van der Waals surface area contributed by atoms with E-state index in [1.807, 2.05) is 38.1 Å². The Labute approximate surface area is 124 Å². The van der Waals surface area contributed by atoms with Crippen LogP contribution in [0.15, 0.2) is 42.6 Å². The molecule has 3 heteroatoms. The van der Waals surface area contributed by atoms with Gasteiger partial charge < -0.3 is 10.3 Å². The number of para-hydroxylation sites is 1. The lowest BCUT2D eigenvalue weighted by Gasteiger charge is -2.12. The highest BCUT2D eigenvalue weighted by atomic mass is 16.1. The minimum Gasteiger partial charge on any atom is -0.360 e. The topological polar surface area (TPSA) is 44.9 Å². The second kappa shape index (κ2) is 5.09. The Morgan fingerprint density at radius 1 is 1.05 bits per heavy atom. The van der Waals surface area contributed by atoms with Crippen molar-refractivity contribution in [2.75, 3.05) is 5.32 Å². The molecular weight excluding hydrogens is 260 g/mol. The van der Waals surface area contributed by atoms with Crippen LogP contribution in [0.1, 0.15) is 27.0 Å². The van der Waals surface area contributed by atoms with E-state index in [4.69, 9.17) is 0 Å². The van der Waals surface area contributed by atoms with Gasteiger partial charge in [-0.1, -0.05) is 35.9 Å². The van der Waals surface area contributed by atoms with Gasteiger partial charge in [0, 0.05) is 22.8 Å². The fourth-order valence-electron chi connectivity index (χ4n) is 2.82. The fourth-order valence-corrected chi connectivity index (χ4v) is 2.82. The van der Waals surface area contributed by atoms with Gasteiger partial charge in [0.25, 0.3) is 5.91 Å². The number of benzene rings is 2. The predicted octanol–water partition coefficient (Wildman–Crippen LogP) is 4.35. The summed E-state index contributed by atoms with van der Waals surface area (Å²) < 4.78 is 0. The third kappa shape index (κ3) is 2.42. The van der Waals surface area contributed by atoms with Gasteiger partial charge in [-0.25, -0.2) is 0 Å². The minimum absolute atomic E-state index is 0.0810. The van der Waals surface area contributed by atoms with Crippen LogP contribution in [0.2, 0.25) is 0 Å². The largest absolute Gasteiger partial charge is 0.360 e. The van der Waals surface area contributed by atoms with E-state index in [9.17, 15) is 4.79 Å². The van der Waals surface area contributed by atoms with Crippen molar-refractivity contribution in [1.82, 2.24) is 4.98 Å². The maximum absolute atomic E-state index is 12.5. The smallest absolute Gasteiger partial charge is 0.257 e. The Morgan fingerprint density at radius 2 is 1.71 bits per heavy atom. The number of hydrogen-bond donors (Lipinski definition) is 2. The van der Waals surface area contributed by atoms with Gasteiger partial charge in [0.1, 0.15) is 0 Å². The van der Waals surface area contributed by atoms with Crippen LogP contribution in [0.3, 0.4) is 0 Å². The average molecular weight is 278 g/mol. The van der Waals surface area contributed by atoms with E-state index in [-0.39, 0.29) is 5.91 Å². The van der Waals surface area contributed by atoms with Crippen molar-refractivity contribution in [1.29, 1.82) is 0 Å². The zero-order chi connectivity index (χ0) is 15.0.